The third-order valence-corrected chi connectivity index (χ3v) is 4.15. The summed E-state index contributed by atoms with van der Waals surface area (Å²) in [5.41, 5.74) is 0.303. The number of hydrogen-bond donors (Lipinski definition) is 0. The lowest BCUT2D eigenvalue weighted by molar-refractivity contribution is -0.136. The summed E-state index contributed by atoms with van der Waals surface area (Å²) in [5.74, 6) is -0.329. The van der Waals surface area contributed by atoms with Crippen LogP contribution in [0.15, 0.2) is 48.5 Å². The first-order chi connectivity index (χ1) is 13.1. The Morgan fingerprint density at radius 2 is 1.93 bits per heavy atom. The number of benzene rings is 2. The Bertz CT molecular complexity index is 783. The zero-order valence-electron chi connectivity index (χ0n) is 14.6. The van der Waals surface area contributed by atoms with Crippen molar-refractivity contribution in [3.63, 3.8) is 0 Å². The quantitative estimate of drug-likeness (QED) is 0.530. The molecule has 0 aliphatic carbocycles. The monoisotopic (exact) mass is 390 g/mol. The van der Waals surface area contributed by atoms with Crippen molar-refractivity contribution in [2.24, 2.45) is 0 Å². The van der Waals surface area contributed by atoms with Crippen LogP contribution in [0, 0.1) is 0 Å². The summed E-state index contributed by atoms with van der Waals surface area (Å²) < 4.78 is 21.2. The fourth-order valence-corrected chi connectivity index (χ4v) is 2.67. The first-order valence-corrected chi connectivity index (χ1v) is 8.96. The van der Waals surface area contributed by atoms with Crippen molar-refractivity contribution in [2.45, 2.75) is 18.9 Å². The largest absolute Gasteiger partial charge is 0.482 e. The zero-order chi connectivity index (χ0) is 19.1. The lowest BCUT2D eigenvalue weighted by Crippen LogP contribution is -2.19. The molecule has 6 nitrogen and oxygen atoms in total. The van der Waals surface area contributed by atoms with E-state index in [4.69, 9.17) is 30.5 Å². The van der Waals surface area contributed by atoms with E-state index in [9.17, 15) is 9.59 Å². The summed E-state index contributed by atoms with van der Waals surface area (Å²) in [6.07, 6.45) is 1.82. The van der Waals surface area contributed by atoms with Gasteiger partial charge in [-0.05, 0) is 55.3 Å². The molecule has 0 amide bonds. The van der Waals surface area contributed by atoms with Gasteiger partial charge in [0.2, 0.25) is 0 Å². The Balaban J connectivity index is 1.49. The number of esters is 2. The molecule has 1 unspecified atom stereocenters. The predicted octanol–water partition coefficient (Wildman–Crippen LogP) is 3.66. The van der Waals surface area contributed by atoms with Crippen molar-refractivity contribution in [1.29, 1.82) is 0 Å². The summed E-state index contributed by atoms with van der Waals surface area (Å²) >= 11 is 5.79. The molecule has 0 aromatic heterocycles. The van der Waals surface area contributed by atoms with Crippen molar-refractivity contribution < 1.29 is 28.5 Å². The molecule has 27 heavy (non-hydrogen) atoms. The molecule has 2 aromatic rings. The number of ether oxygens (including phenoxy) is 4. The van der Waals surface area contributed by atoms with Crippen LogP contribution in [0.5, 0.6) is 11.5 Å². The van der Waals surface area contributed by atoms with Gasteiger partial charge in [-0.15, -0.1) is 0 Å². The minimum Gasteiger partial charge on any atom is -0.482 e. The molecule has 1 aliphatic heterocycles. The first-order valence-electron chi connectivity index (χ1n) is 8.58. The highest BCUT2D eigenvalue weighted by Gasteiger charge is 2.18. The maximum absolute atomic E-state index is 12.1. The number of hydrogen-bond acceptors (Lipinski definition) is 6. The van der Waals surface area contributed by atoms with Crippen molar-refractivity contribution in [3.8, 4) is 11.5 Å². The van der Waals surface area contributed by atoms with Gasteiger partial charge in [-0.1, -0.05) is 17.7 Å². The number of carbonyl (C=O) groups excluding carboxylic acids is 2. The summed E-state index contributed by atoms with van der Waals surface area (Å²) in [6.45, 7) is 0.652. The van der Waals surface area contributed by atoms with E-state index in [2.05, 4.69) is 0 Å². The van der Waals surface area contributed by atoms with E-state index in [1.807, 2.05) is 0 Å². The third kappa shape index (κ3) is 5.98. The molecule has 1 fully saturated rings. The van der Waals surface area contributed by atoms with E-state index in [-0.39, 0.29) is 25.1 Å². The highest BCUT2D eigenvalue weighted by Crippen LogP contribution is 2.18. The molecular formula is C20H19ClO6. The molecule has 0 saturated carbocycles. The summed E-state index contributed by atoms with van der Waals surface area (Å²) in [7, 11) is 0. The number of rotatable bonds is 7. The summed E-state index contributed by atoms with van der Waals surface area (Å²) in [6, 6.07) is 12.9. The highest BCUT2D eigenvalue weighted by atomic mass is 35.5. The third-order valence-electron chi connectivity index (χ3n) is 3.90. The van der Waals surface area contributed by atoms with Crippen LogP contribution in [0.2, 0.25) is 5.02 Å². The van der Waals surface area contributed by atoms with E-state index >= 15 is 0 Å². The molecule has 1 saturated heterocycles. The normalized spacial score (nSPS) is 16.0. The molecule has 0 radical (unpaired) electrons. The summed E-state index contributed by atoms with van der Waals surface area (Å²) in [4.78, 5) is 24.1. The second-order valence-electron chi connectivity index (χ2n) is 5.98. The van der Waals surface area contributed by atoms with Gasteiger partial charge < -0.3 is 18.9 Å². The lowest BCUT2D eigenvalue weighted by Gasteiger charge is -2.11. The van der Waals surface area contributed by atoms with Crippen molar-refractivity contribution in [3.05, 3.63) is 59.1 Å². The maximum atomic E-state index is 12.1. The van der Waals surface area contributed by atoms with Crippen LogP contribution in [-0.2, 0) is 14.3 Å². The molecule has 0 spiro atoms. The number of halogens is 1. The molecule has 1 heterocycles. The van der Waals surface area contributed by atoms with Gasteiger partial charge in [0, 0.05) is 11.6 Å². The Kier molecular flexibility index (Phi) is 6.68. The van der Waals surface area contributed by atoms with Crippen molar-refractivity contribution >= 4 is 23.5 Å². The first kappa shape index (κ1) is 19.2. The standard InChI is InChI=1S/C20H19ClO6/c21-15-6-8-16(9-7-15)25-13-19(22)27-17-4-1-3-14(11-17)20(23)26-12-18-5-2-10-24-18/h1,3-4,6-9,11,18H,2,5,10,12-13H2. The van der Waals surface area contributed by atoms with E-state index in [0.29, 0.717) is 22.9 Å². The van der Waals surface area contributed by atoms with Crippen LogP contribution in [-0.4, -0.2) is 37.9 Å². The zero-order valence-corrected chi connectivity index (χ0v) is 15.3. The van der Waals surface area contributed by atoms with E-state index < -0.39 is 11.9 Å². The van der Waals surface area contributed by atoms with Gasteiger partial charge >= 0.3 is 11.9 Å². The SMILES string of the molecule is O=C(COc1ccc(Cl)cc1)Oc1cccc(C(=O)OCC2CCCO2)c1. The van der Waals surface area contributed by atoms with Gasteiger partial charge in [0.25, 0.3) is 0 Å². The highest BCUT2D eigenvalue weighted by molar-refractivity contribution is 6.30. The van der Waals surface area contributed by atoms with Crippen LogP contribution in [0.1, 0.15) is 23.2 Å². The van der Waals surface area contributed by atoms with Gasteiger partial charge in [-0.3, -0.25) is 0 Å². The van der Waals surface area contributed by atoms with Crippen molar-refractivity contribution in [1.82, 2.24) is 0 Å². The molecule has 1 atom stereocenters. The van der Waals surface area contributed by atoms with Gasteiger partial charge in [0.15, 0.2) is 6.61 Å². The maximum Gasteiger partial charge on any atom is 0.349 e. The molecule has 1 aliphatic rings. The molecule has 0 N–H and O–H groups in total. The van der Waals surface area contributed by atoms with Gasteiger partial charge in [0.05, 0.1) is 11.7 Å². The van der Waals surface area contributed by atoms with Crippen LogP contribution in [0.4, 0.5) is 0 Å². The van der Waals surface area contributed by atoms with Crippen LogP contribution in [0.3, 0.4) is 0 Å². The Morgan fingerprint density at radius 1 is 1.11 bits per heavy atom. The molecule has 2 aromatic carbocycles. The fraction of sp³-hybridized carbons (Fsp3) is 0.300. The average molecular weight is 391 g/mol. The lowest BCUT2D eigenvalue weighted by atomic mass is 10.2. The predicted molar refractivity (Wildman–Crippen MR) is 98.3 cm³/mol. The molecule has 3 rings (SSSR count). The van der Waals surface area contributed by atoms with E-state index in [1.165, 1.54) is 6.07 Å². The Labute approximate surface area is 161 Å². The van der Waals surface area contributed by atoms with Crippen LogP contribution < -0.4 is 9.47 Å². The van der Waals surface area contributed by atoms with Crippen LogP contribution >= 0.6 is 11.6 Å². The smallest absolute Gasteiger partial charge is 0.349 e. The number of carbonyl (C=O) groups is 2. The van der Waals surface area contributed by atoms with Gasteiger partial charge in [-0.2, -0.15) is 0 Å². The molecular weight excluding hydrogens is 372 g/mol. The van der Waals surface area contributed by atoms with Gasteiger partial charge in [-0.25, -0.2) is 9.59 Å². The Morgan fingerprint density at radius 3 is 2.67 bits per heavy atom. The van der Waals surface area contributed by atoms with Gasteiger partial charge in [0.1, 0.15) is 18.1 Å². The second-order valence-corrected chi connectivity index (χ2v) is 6.41. The molecule has 7 heteroatoms. The fourth-order valence-electron chi connectivity index (χ4n) is 2.55. The second kappa shape index (κ2) is 9.39. The Hall–Kier alpha value is -2.57. The molecule has 0 bridgehead atoms. The minimum absolute atomic E-state index is 0.0417. The van der Waals surface area contributed by atoms with E-state index in [1.54, 1.807) is 42.5 Å². The minimum atomic E-state index is -0.588. The van der Waals surface area contributed by atoms with E-state index in [0.717, 1.165) is 12.8 Å². The van der Waals surface area contributed by atoms with Crippen LogP contribution in [0.25, 0.3) is 0 Å². The topological polar surface area (TPSA) is 71.1 Å². The summed E-state index contributed by atoms with van der Waals surface area (Å²) in [5, 5.41) is 0.577. The van der Waals surface area contributed by atoms with Crippen molar-refractivity contribution in [2.75, 3.05) is 19.8 Å². The molecule has 142 valence electrons. The average Bonchev–Trinajstić information content (AvgIpc) is 3.19.